The molecule has 0 bridgehead atoms. The highest BCUT2D eigenvalue weighted by Gasteiger charge is 2.47. The van der Waals surface area contributed by atoms with Gasteiger partial charge in [0.1, 0.15) is 0 Å². The van der Waals surface area contributed by atoms with Gasteiger partial charge in [0.05, 0.1) is 24.9 Å². The summed E-state index contributed by atoms with van der Waals surface area (Å²) in [7, 11) is 3.48. The van der Waals surface area contributed by atoms with Crippen molar-refractivity contribution < 1.29 is 32.2 Å². The SMILES string of the molecule is CCCCOc1ccc(C(=O)N2CCC3(CC2)c2ccc(C(=O)C(F)(F)F)n2CCN3C)cc1OC. The van der Waals surface area contributed by atoms with Crippen molar-refractivity contribution in [3.8, 4) is 11.5 Å². The average molecular weight is 508 g/mol. The van der Waals surface area contributed by atoms with Crippen LogP contribution in [-0.2, 0) is 12.1 Å². The highest BCUT2D eigenvalue weighted by Crippen LogP contribution is 2.42. The molecule has 196 valence electrons. The second kappa shape index (κ2) is 10.2. The van der Waals surface area contributed by atoms with Crippen molar-refractivity contribution >= 4 is 11.7 Å². The molecule has 0 radical (unpaired) electrons. The van der Waals surface area contributed by atoms with E-state index >= 15 is 0 Å². The van der Waals surface area contributed by atoms with E-state index in [1.807, 2.05) is 7.05 Å². The molecular formula is C26H32F3N3O4. The van der Waals surface area contributed by atoms with Crippen LogP contribution in [0.25, 0.3) is 0 Å². The number of Topliss-reactive ketones (excluding diaryl/α,β-unsaturated/α-hetero) is 1. The summed E-state index contributed by atoms with van der Waals surface area (Å²) in [6.07, 6.45) is -1.89. The number of ether oxygens (including phenoxy) is 2. The Kier molecular flexibility index (Phi) is 7.36. The Bertz CT molecular complexity index is 1120. The zero-order chi connectivity index (χ0) is 26.1. The summed E-state index contributed by atoms with van der Waals surface area (Å²) < 4.78 is 52.0. The summed E-state index contributed by atoms with van der Waals surface area (Å²) in [4.78, 5) is 29.1. The van der Waals surface area contributed by atoms with Crippen molar-refractivity contribution in [1.29, 1.82) is 0 Å². The fourth-order valence-corrected chi connectivity index (χ4v) is 5.26. The number of amides is 1. The van der Waals surface area contributed by atoms with Crippen LogP contribution in [0.3, 0.4) is 0 Å². The first-order chi connectivity index (χ1) is 17.1. The molecule has 0 N–H and O–H groups in total. The lowest BCUT2D eigenvalue weighted by Crippen LogP contribution is -2.56. The second-order valence-electron chi connectivity index (χ2n) is 9.40. The maximum atomic E-state index is 13.3. The average Bonchev–Trinajstić information content (AvgIpc) is 3.30. The first-order valence-electron chi connectivity index (χ1n) is 12.2. The van der Waals surface area contributed by atoms with E-state index in [0.29, 0.717) is 68.4 Å². The number of hydrogen-bond acceptors (Lipinski definition) is 5. The lowest BCUT2D eigenvalue weighted by atomic mass is 9.81. The van der Waals surface area contributed by atoms with Crippen LogP contribution < -0.4 is 9.47 Å². The van der Waals surface area contributed by atoms with Crippen molar-refractivity contribution in [3.05, 3.63) is 47.3 Å². The molecule has 2 aliphatic rings. The van der Waals surface area contributed by atoms with Gasteiger partial charge in [-0.05, 0) is 56.6 Å². The van der Waals surface area contributed by atoms with E-state index in [9.17, 15) is 22.8 Å². The maximum Gasteiger partial charge on any atom is 0.456 e. The van der Waals surface area contributed by atoms with Crippen LogP contribution >= 0.6 is 0 Å². The predicted octanol–water partition coefficient (Wildman–Crippen LogP) is 4.50. The number of unbranched alkanes of at least 4 members (excludes halogenated alkanes) is 1. The quantitative estimate of drug-likeness (QED) is 0.408. The van der Waals surface area contributed by atoms with Gasteiger partial charge in [-0.3, -0.25) is 14.5 Å². The zero-order valence-electron chi connectivity index (χ0n) is 20.9. The molecule has 1 fully saturated rings. The lowest BCUT2D eigenvalue weighted by molar-refractivity contribution is -0.0892. The van der Waals surface area contributed by atoms with Gasteiger partial charge in [-0.2, -0.15) is 13.2 Å². The van der Waals surface area contributed by atoms with Crippen molar-refractivity contribution in [2.75, 3.05) is 40.4 Å². The van der Waals surface area contributed by atoms with Gasteiger partial charge in [0.15, 0.2) is 11.5 Å². The van der Waals surface area contributed by atoms with E-state index in [4.69, 9.17) is 9.47 Å². The van der Waals surface area contributed by atoms with Crippen LogP contribution in [0.15, 0.2) is 30.3 Å². The smallest absolute Gasteiger partial charge is 0.456 e. The predicted molar refractivity (Wildman–Crippen MR) is 128 cm³/mol. The van der Waals surface area contributed by atoms with Gasteiger partial charge < -0.3 is 18.9 Å². The topological polar surface area (TPSA) is 64.0 Å². The Balaban J connectivity index is 1.51. The molecule has 0 saturated carbocycles. The van der Waals surface area contributed by atoms with E-state index in [1.54, 1.807) is 29.2 Å². The van der Waals surface area contributed by atoms with E-state index < -0.39 is 17.5 Å². The summed E-state index contributed by atoms with van der Waals surface area (Å²) in [5.41, 5.74) is 0.334. The van der Waals surface area contributed by atoms with Crippen LogP contribution in [0.4, 0.5) is 13.2 Å². The fraction of sp³-hybridized carbons (Fsp3) is 0.538. The minimum absolute atomic E-state index is 0.134. The zero-order valence-corrected chi connectivity index (χ0v) is 20.9. The van der Waals surface area contributed by atoms with Gasteiger partial charge in [0.25, 0.3) is 11.7 Å². The standard InChI is InChI=1S/C26H32F3N3O4/c1-4-5-16-36-20-8-6-18(17-21(20)35-3)24(34)31-12-10-25(11-13-31)22-9-7-19(23(33)26(27,28)29)32(22)15-14-30(25)2/h6-9,17H,4-5,10-16H2,1-3H3. The fourth-order valence-electron chi connectivity index (χ4n) is 5.26. The molecule has 0 atom stereocenters. The Morgan fingerprint density at radius 2 is 1.75 bits per heavy atom. The summed E-state index contributed by atoms with van der Waals surface area (Å²) in [5.74, 6) is -0.867. The molecule has 4 rings (SSSR count). The molecular weight excluding hydrogens is 475 g/mol. The number of nitrogens with zero attached hydrogens (tertiary/aromatic N) is 3. The van der Waals surface area contributed by atoms with Crippen LogP contribution in [-0.4, -0.2) is 72.6 Å². The molecule has 2 aromatic rings. The molecule has 10 heteroatoms. The molecule has 36 heavy (non-hydrogen) atoms. The Morgan fingerprint density at radius 3 is 2.39 bits per heavy atom. The normalized spacial score (nSPS) is 17.7. The largest absolute Gasteiger partial charge is 0.493 e. The Morgan fingerprint density at radius 1 is 1.03 bits per heavy atom. The molecule has 2 aliphatic heterocycles. The number of carbonyl (C=O) groups excluding carboxylic acids is 2. The number of aromatic nitrogens is 1. The third-order valence-electron chi connectivity index (χ3n) is 7.38. The number of ketones is 1. The van der Waals surface area contributed by atoms with Crippen LogP contribution in [0.2, 0.25) is 0 Å². The minimum Gasteiger partial charge on any atom is -0.493 e. The molecule has 1 amide bonds. The highest BCUT2D eigenvalue weighted by atomic mass is 19.4. The number of carbonyl (C=O) groups is 2. The monoisotopic (exact) mass is 507 g/mol. The van der Waals surface area contributed by atoms with Gasteiger partial charge in [-0.15, -0.1) is 0 Å². The van der Waals surface area contributed by atoms with Gasteiger partial charge in [-0.1, -0.05) is 13.3 Å². The van der Waals surface area contributed by atoms with Gasteiger partial charge in [0, 0.05) is 37.4 Å². The van der Waals surface area contributed by atoms with Crippen LogP contribution in [0.5, 0.6) is 11.5 Å². The number of benzene rings is 1. The van der Waals surface area contributed by atoms with E-state index in [0.717, 1.165) is 12.8 Å². The lowest BCUT2D eigenvalue weighted by Gasteiger charge is -2.50. The number of rotatable bonds is 7. The number of hydrogen-bond donors (Lipinski definition) is 0. The van der Waals surface area contributed by atoms with Gasteiger partial charge >= 0.3 is 6.18 Å². The van der Waals surface area contributed by atoms with Gasteiger partial charge in [0.2, 0.25) is 0 Å². The molecule has 0 aliphatic carbocycles. The number of likely N-dealkylation sites (tertiary alicyclic amines) is 1. The third kappa shape index (κ3) is 4.70. The number of alkyl halides is 3. The number of methoxy groups -OCH3 is 1. The molecule has 1 saturated heterocycles. The van der Waals surface area contributed by atoms with Crippen molar-refractivity contribution in [3.63, 3.8) is 0 Å². The molecule has 3 heterocycles. The van der Waals surface area contributed by atoms with Crippen molar-refractivity contribution in [2.24, 2.45) is 0 Å². The Hall–Kier alpha value is -3.01. The molecule has 7 nitrogen and oxygen atoms in total. The maximum absolute atomic E-state index is 13.3. The number of piperidine rings is 1. The first-order valence-corrected chi connectivity index (χ1v) is 12.2. The molecule has 1 aromatic carbocycles. The summed E-state index contributed by atoms with van der Waals surface area (Å²) >= 11 is 0. The van der Waals surface area contributed by atoms with Crippen molar-refractivity contribution in [2.45, 2.75) is 50.9 Å². The van der Waals surface area contributed by atoms with Crippen molar-refractivity contribution in [1.82, 2.24) is 14.4 Å². The summed E-state index contributed by atoms with van der Waals surface area (Å²) in [6, 6.07) is 8.06. The Labute approximate surface area is 208 Å². The van der Waals surface area contributed by atoms with Crippen LogP contribution in [0.1, 0.15) is 59.1 Å². The number of halogens is 3. The third-order valence-corrected chi connectivity index (χ3v) is 7.38. The molecule has 1 aromatic heterocycles. The number of fused-ring (bicyclic) bond motifs is 2. The highest BCUT2D eigenvalue weighted by molar-refractivity contribution is 5.99. The van der Waals surface area contributed by atoms with E-state index in [2.05, 4.69) is 11.8 Å². The van der Waals surface area contributed by atoms with Gasteiger partial charge in [-0.25, -0.2) is 0 Å². The first kappa shape index (κ1) is 26.1. The second-order valence-corrected chi connectivity index (χ2v) is 9.40. The number of likely N-dealkylation sites (N-methyl/N-ethyl adjacent to an activating group) is 1. The minimum atomic E-state index is -4.92. The van der Waals surface area contributed by atoms with Crippen LogP contribution in [0, 0.1) is 0 Å². The van der Waals surface area contributed by atoms with E-state index in [1.165, 1.54) is 17.7 Å². The van der Waals surface area contributed by atoms with E-state index in [-0.39, 0.29) is 11.6 Å². The summed E-state index contributed by atoms with van der Waals surface area (Å²) in [6.45, 7) is 4.35. The molecule has 1 spiro atoms. The molecule has 0 unspecified atom stereocenters. The summed E-state index contributed by atoms with van der Waals surface area (Å²) in [5, 5.41) is 0.